The van der Waals surface area contributed by atoms with E-state index in [0.717, 1.165) is 44.6 Å². The molecule has 26 heavy (non-hydrogen) atoms. The molecule has 0 aromatic heterocycles. The zero-order valence-corrected chi connectivity index (χ0v) is 15.6. The number of nitro benzene ring substituents is 1. The van der Waals surface area contributed by atoms with Gasteiger partial charge in [0.1, 0.15) is 5.69 Å². The quantitative estimate of drug-likeness (QED) is 0.594. The van der Waals surface area contributed by atoms with Gasteiger partial charge in [-0.25, -0.2) is 13.1 Å². The SMILES string of the molecule is CNS(=O)(=O)c1ccc(N2CCC[C@@H]2[C@H]2CCCC[C@H]2O)c([N+](=O)[O-])c1. The van der Waals surface area contributed by atoms with Crippen molar-refractivity contribution in [2.24, 2.45) is 5.92 Å². The Kier molecular flexibility index (Phi) is 5.50. The third-order valence-electron chi connectivity index (χ3n) is 5.61. The van der Waals surface area contributed by atoms with Crippen LogP contribution in [0.5, 0.6) is 0 Å². The van der Waals surface area contributed by atoms with E-state index >= 15 is 0 Å². The van der Waals surface area contributed by atoms with E-state index in [0.29, 0.717) is 12.2 Å². The van der Waals surface area contributed by atoms with Crippen molar-refractivity contribution in [2.75, 3.05) is 18.5 Å². The fraction of sp³-hybridized carbons (Fsp3) is 0.647. The molecule has 0 bridgehead atoms. The molecule has 1 aromatic carbocycles. The molecule has 3 atom stereocenters. The number of hydrogen-bond donors (Lipinski definition) is 2. The highest BCUT2D eigenvalue weighted by Crippen LogP contribution is 2.40. The van der Waals surface area contributed by atoms with Crippen molar-refractivity contribution in [1.82, 2.24) is 4.72 Å². The predicted molar refractivity (Wildman–Crippen MR) is 97.7 cm³/mol. The van der Waals surface area contributed by atoms with Crippen LogP contribution in [0.15, 0.2) is 23.1 Å². The summed E-state index contributed by atoms with van der Waals surface area (Å²) in [6, 6.07) is 4.10. The number of nitrogens with zero attached hydrogens (tertiary/aromatic N) is 2. The first-order chi connectivity index (χ1) is 12.3. The smallest absolute Gasteiger partial charge is 0.293 e. The minimum Gasteiger partial charge on any atom is -0.393 e. The molecule has 1 aliphatic heterocycles. The van der Waals surface area contributed by atoms with Gasteiger partial charge < -0.3 is 10.0 Å². The number of rotatable bonds is 5. The Morgan fingerprint density at radius 3 is 2.62 bits per heavy atom. The molecule has 8 nitrogen and oxygen atoms in total. The largest absolute Gasteiger partial charge is 0.393 e. The molecule has 2 aliphatic rings. The van der Waals surface area contributed by atoms with E-state index in [1.807, 2.05) is 4.90 Å². The number of sulfonamides is 1. The van der Waals surface area contributed by atoms with Crippen molar-refractivity contribution in [2.45, 2.75) is 55.6 Å². The summed E-state index contributed by atoms with van der Waals surface area (Å²) >= 11 is 0. The van der Waals surface area contributed by atoms with Crippen molar-refractivity contribution in [1.29, 1.82) is 0 Å². The van der Waals surface area contributed by atoms with Crippen LogP contribution in [0.25, 0.3) is 0 Å². The zero-order valence-electron chi connectivity index (χ0n) is 14.8. The first-order valence-corrected chi connectivity index (χ1v) is 10.5. The van der Waals surface area contributed by atoms with Crippen molar-refractivity contribution < 1.29 is 18.4 Å². The molecule has 0 unspecified atom stereocenters. The van der Waals surface area contributed by atoms with Crippen LogP contribution >= 0.6 is 0 Å². The van der Waals surface area contributed by atoms with E-state index in [9.17, 15) is 23.6 Å². The monoisotopic (exact) mass is 383 g/mol. The third-order valence-corrected chi connectivity index (χ3v) is 7.02. The normalized spacial score (nSPS) is 26.8. The van der Waals surface area contributed by atoms with Crippen LogP contribution in [-0.2, 0) is 10.0 Å². The maximum absolute atomic E-state index is 12.0. The second kappa shape index (κ2) is 7.50. The number of hydrogen-bond acceptors (Lipinski definition) is 6. The van der Waals surface area contributed by atoms with Crippen LogP contribution in [0.1, 0.15) is 38.5 Å². The van der Waals surface area contributed by atoms with Gasteiger partial charge in [0.05, 0.1) is 15.9 Å². The Morgan fingerprint density at radius 1 is 1.23 bits per heavy atom. The van der Waals surface area contributed by atoms with Gasteiger partial charge in [-0.15, -0.1) is 0 Å². The number of aliphatic hydroxyl groups excluding tert-OH is 1. The Bertz CT molecular complexity index is 783. The lowest BCUT2D eigenvalue weighted by Crippen LogP contribution is -2.43. The average Bonchev–Trinajstić information content (AvgIpc) is 3.10. The minimum absolute atomic E-state index is 0.0516. The summed E-state index contributed by atoms with van der Waals surface area (Å²) in [5.41, 5.74) is 0.226. The molecular formula is C17H25N3O5S. The fourth-order valence-electron chi connectivity index (χ4n) is 4.30. The maximum atomic E-state index is 12.0. The molecule has 1 aromatic rings. The second-order valence-corrected chi connectivity index (χ2v) is 8.92. The van der Waals surface area contributed by atoms with Crippen LogP contribution in [0, 0.1) is 16.0 Å². The first kappa shape index (κ1) is 19.1. The molecule has 2 N–H and O–H groups in total. The molecule has 1 heterocycles. The first-order valence-electron chi connectivity index (χ1n) is 9.02. The van der Waals surface area contributed by atoms with Gasteiger partial charge in [-0.2, -0.15) is 0 Å². The van der Waals surface area contributed by atoms with Gasteiger partial charge in [-0.3, -0.25) is 10.1 Å². The van der Waals surface area contributed by atoms with Crippen LogP contribution in [0.3, 0.4) is 0 Å². The van der Waals surface area contributed by atoms with E-state index in [-0.39, 0.29) is 28.6 Å². The van der Waals surface area contributed by atoms with Gasteiger partial charge in [0.15, 0.2) is 0 Å². The van der Waals surface area contributed by atoms with Crippen molar-refractivity contribution in [3.63, 3.8) is 0 Å². The molecule has 144 valence electrons. The van der Waals surface area contributed by atoms with E-state index in [2.05, 4.69) is 4.72 Å². The maximum Gasteiger partial charge on any atom is 0.293 e. The minimum atomic E-state index is -3.75. The summed E-state index contributed by atoms with van der Waals surface area (Å²) in [5, 5.41) is 22.0. The van der Waals surface area contributed by atoms with Gasteiger partial charge in [0, 0.05) is 24.6 Å². The van der Waals surface area contributed by atoms with E-state index < -0.39 is 14.9 Å². The molecule has 1 aliphatic carbocycles. The Labute approximate surface area is 153 Å². The summed E-state index contributed by atoms with van der Waals surface area (Å²) in [6.45, 7) is 0.673. The van der Waals surface area contributed by atoms with E-state index in [4.69, 9.17) is 0 Å². The zero-order chi connectivity index (χ0) is 18.9. The topological polar surface area (TPSA) is 113 Å². The van der Waals surface area contributed by atoms with Crippen LogP contribution in [-0.4, -0.2) is 44.2 Å². The summed E-state index contributed by atoms with van der Waals surface area (Å²) in [4.78, 5) is 12.9. The standard InChI is InChI=1S/C17H25N3O5S/c1-18-26(24,25)12-8-9-15(16(11-12)20(22)23)19-10-4-6-14(19)13-5-2-3-7-17(13)21/h8-9,11,13-14,17-18,21H,2-7,10H2,1H3/t13-,14-,17-/m1/s1. The summed E-state index contributed by atoms with van der Waals surface area (Å²) in [7, 11) is -2.48. The van der Waals surface area contributed by atoms with Crippen LogP contribution in [0.4, 0.5) is 11.4 Å². The number of nitro groups is 1. The lowest BCUT2D eigenvalue weighted by molar-refractivity contribution is -0.384. The molecule has 3 rings (SSSR count). The highest BCUT2D eigenvalue weighted by Gasteiger charge is 2.39. The predicted octanol–water partition coefficient (Wildman–Crippen LogP) is 2.02. The Balaban J connectivity index is 1.98. The lowest BCUT2D eigenvalue weighted by Gasteiger charge is -2.38. The Morgan fingerprint density at radius 2 is 1.96 bits per heavy atom. The van der Waals surface area contributed by atoms with Gasteiger partial charge in [0.25, 0.3) is 5.69 Å². The number of anilines is 1. The molecule has 9 heteroatoms. The lowest BCUT2D eigenvalue weighted by atomic mass is 9.80. The van der Waals surface area contributed by atoms with Crippen molar-refractivity contribution >= 4 is 21.4 Å². The molecule has 1 saturated heterocycles. The summed E-state index contributed by atoms with van der Waals surface area (Å²) in [6.07, 6.45) is 5.18. The fourth-order valence-corrected chi connectivity index (χ4v) is 5.05. The van der Waals surface area contributed by atoms with Crippen LogP contribution in [0.2, 0.25) is 0 Å². The summed E-state index contributed by atoms with van der Waals surface area (Å²) < 4.78 is 26.1. The molecule has 2 fully saturated rings. The second-order valence-electron chi connectivity index (χ2n) is 7.03. The van der Waals surface area contributed by atoms with Gasteiger partial charge in [-0.1, -0.05) is 12.8 Å². The highest BCUT2D eigenvalue weighted by atomic mass is 32.2. The Hall–Kier alpha value is -1.71. The molecule has 0 spiro atoms. The summed E-state index contributed by atoms with van der Waals surface area (Å²) in [5.74, 6) is 0.103. The van der Waals surface area contributed by atoms with E-state index in [1.165, 1.54) is 19.2 Å². The van der Waals surface area contributed by atoms with Crippen molar-refractivity contribution in [3.05, 3.63) is 28.3 Å². The average molecular weight is 383 g/mol. The number of benzene rings is 1. The van der Waals surface area contributed by atoms with Gasteiger partial charge in [-0.05, 0) is 44.9 Å². The number of nitrogens with one attached hydrogen (secondary N) is 1. The van der Waals surface area contributed by atoms with Gasteiger partial charge >= 0.3 is 0 Å². The highest BCUT2D eigenvalue weighted by molar-refractivity contribution is 7.89. The molecule has 1 saturated carbocycles. The van der Waals surface area contributed by atoms with E-state index in [1.54, 1.807) is 0 Å². The van der Waals surface area contributed by atoms with Crippen LogP contribution < -0.4 is 9.62 Å². The molecule has 0 radical (unpaired) electrons. The third kappa shape index (κ3) is 3.56. The molecule has 0 amide bonds. The van der Waals surface area contributed by atoms with Gasteiger partial charge in [0.2, 0.25) is 10.0 Å². The molecular weight excluding hydrogens is 358 g/mol. The number of aliphatic hydroxyl groups is 1. The van der Waals surface area contributed by atoms with Crippen molar-refractivity contribution in [3.8, 4) is 0 Å².